The summed E-state index contributed by atoms with van der Waals surface area (Å²) in [6, 6.07) is 11.1. The van der Waals surface area contributed by atoms with Gasteiger partial charge in [0.05, 0.1) is 0 Å². The van der Waals surface area contributed by atoms with Gasteiger partial charge in [-0.1, -0.05) is 24.3 Å². The van der Waals surface area contributed by atoms with Crippen LogP contribution in [0.3, 0.4) is 0 Å². The summed E-state index contributed by atoms with van der Waals surface area (Å²) < 4.78 is 19.5. The van der Waals surface area contributed by atoms with Crippen molar-refractivity contribution in [2.24, 2.45) is 5.73 Å². The quantitative estimate of drug-likeness (QED) is 0.904. The van der Waals surface area contributed by atoms with Crippen molar-refractivity contribution in [3.8, 4) is 5.75 Å². The first-order valence-electron chi connectivity index (χ1n) is 6.78. The highest BCUT2D eigenvalue weighted by Gasteiger charge is 2.07. The largest absolute Gasteiger partial charge is 0.486 e. The zero-order valence-electron chi connectivity index (χ0n) is 11.9. The van der Waals surface area contributed by atoms with Crippen LogP contribution in [-0.2, 0) is 13.0 Å². The third-order valence-electron chi connectivity index (χ3n) is 3.45. The molecule has 3 heteroatoms. The first kappa shape index (κ1) is 14.5. The van der Waals surface area contributed by atoms with Crippen LogP contribution < -0.4 is 10.5 Å². The van der Waals surface area contributed by atoms with Gasteiger partial charge in [0, 0.05) is 0 Å². The maximum Gasteiger partial charge on any atom is 0.165 e. The van der Waals surface area contributed by atoms with Crippen LogP contribution in [0.25, 0.3) is 0 Å². The SMILES string of the molecule is Cc1cccc(C)c1COc1ccc(CCN)cc1F. The number of ether oxygens (including phenoxy) is 1. The Morgan fingerprint density at radius 3 is 2.40 bits per heavy atom. The second-order valence-electron chi connectivity index (χ2n) is 4.96. The third-order valence-corrected chi connectivity index (χ3v) is 3.45. The van der Waals surface area contributed by atoms with Crippen molar-refractivity contribution in [2.45, 2.75) is 26.9 Å². The van der Waals surface area contributed by atoms with Crippen molar-refractivity contribution in [1.82, 2.24) is 0 Å². The van der Waals surface area contributed by atoms with E-state index in [-0.39, 0.29) is 11.6 Å². The molecule has 0 amide bonds. The van der Waals surface area contributed by atoms with Crippen molar-refractivity contribution in [1.29, 1.82) is 0 Å². The predicted octanol–water partition coefficient (Wildman–Crippen LogP) is 3.52. The topological polar surface area (TPSA) is 35.2 Å². The summed E-state index contributed by atoms with van der Waals surface area (Å²) in [6.45, 7) is 4.96. The van der Waals surface area contributed by atoms with Gasteiger partial charge in [-0.3, -0.25) is 0 Å². The normalized spacial score (nSPS) is 10.6. The second-order valence-corrected chi connectivity index (χ2v) is 4.96. The van der Waals surface area contributed by atoms with E-state index in [9.17, 15) is 4.39 Å². The Morgan fingerprint density at radius 1 is 1.10 bits per heavy atom. The van der Waals surface area contributed by atoms with Crippen molar-refractivity contribution in [3.63, 3.8) is 0 Å². The lowest BCUT2D eigenvalue weighted by Crippen LogP contribution is -2.04. The number of hydrogen-bond donors (Lipinski definition) is 1. The van der Waals surface area contributed by atoms with Gasteiger partial charge >= 0.3 is 0 Å². The summed E-state index contributed by atoms with van der Waals surface area (Å²) in [5.74, 6) is -0.0457. The average Bonchev–Trinajstić information content (AvgIpc) is 2.40. The fourth-order valence-corrected chi connectivity index (χ4v) is 2.21. The number of aryl methyl sites for hydroxylation is 2. The zero-order chi connectivity index (χ0) is 14.5. The summed E-state index contributed by atoms with van der Waals surface area (Å²) >= 11 is 0. The monoisotopic (exact) mass is 273 g/mol. The maximum absolute atomic E-state index is 13.9. The minimum absolute atomic E-state index is 0.286. The number of benzene rings is 2. The molecule has 0 aromatic heterocycles. The van der Waals surface area contributed by atoms with Gasteiger partial charge in [-0.15, -0.1) is 0 Å². The molecular weight excluding hydrogens is 253 g/mol. The van der Waals surface area contributed by atoms with Crippen LogP contribution in [0.1, 0.15) is 22.3 Å². The molecular formula is C17H20FNO. The van der Waals surface area contributed by atoms with Crippen molar-refractivity contribution < 1.29 is 9.13 Å². The maximum atomic E-state index is 13.9. The van der Waals surface area contributed by atoms with E-state index < -0.39 is 0 Å². The Bertz CT molecular complexity index is 575. The van der Waals surface area contributed by atoms with Crippen LogP contribution in [-0.4, -0.2) is 6.54 Å². The molecule has 0 aliphatic carbocycles. The average molecular weight is 273 g/mol. The van der Waals surface area contributed by atoms with Crippen LogP contribution in [0, 0.1) is 19.7 Å². The first-order chi connectivity index (χ1) is 9.61. The molecule has 0 spiro atoms. The fourth-order valence-electron chi connectivity index (χ4n) is 2.21. The van der Waals surface area contributed by atoms with E-state index in [2.05, 4.69) is 0 Å². The molecule has 0 aliphatic heterocycles. The highest BCUT2D eigenvalue weighted by atomic mass is 19.1. The van der Waals surface area contributed by atoms with Gasteiger partial charge in [0.25, 0.3) is 0 Å². The Morgan fingerprint density at radius 2 is 1.80 bits per heavy atom. The molecule has 0 radical (unpaired) electrons. The Kier molecular flexibility index (Phi) is 4.74. The smallest absolute Gasteiger partial charge is 0.165 e. The van der Waals surface area contributed by atoms with E-state index in [1.165, 1.54) is 6.07 Å². The Hall–Kier alpha value is -1.87. The lowest BCUT2D eigenvalue weighted by molar-refractivity contribution is 0.288. The number of halogens is 1. The van der Waals surface area contributed by atoms with Crippen LogP contribution in [0.2, 0.25) is 0 Å². The molecule has 2 N–H and O–H groups in total. The molecule has 0 heterocycles. The van der Waals surface area contributed by atoms with E-state index in [1.807, 2.05) is 38.1 Å². The molecule has 2 nitrogen and oxygen atoms in total. The molecule has 0 fully saturated rings. The standard InChI is InChI=1S/C17H20FNO/c1-12-4-3-5-13(2)15(12)11-20-17-7-6-14(8-9-19)10-16(17)18/h3-7,10H,8-9,11,19H2,1-2H3. The molecule has 2 aromatic rings. The molecule has 0 saturated carbocycles. The molecule has 0 saturated heterocycles. The predicted molar refractivity (Wildman–Crippen MR) is 79.4 cm³/mol. The first-order valence-corrected chi connectivity index (χ1v) is 6.78. The number of hydrogen-bond acceptors (Lipinski definition) is 2. The van der Waals surface area contributed by atoms with E-state index in [0.717, 1.165) is 22.3 Å². The number of nitrogens with two attached hydrogens (primary N) is 1. The second kappa shape index (κ2) is 6.53. The van der Waals surface area contributed by atoms with Gasteiger partial charge in [0.1, 0.15) is 6.61 Å². The summed E-state index contributed by atoms with van der Waals surface area (Å²) in [5.41, 5.74) is 9.78. The molecule has 20 heavy (non-hydrogen) atoms. The molecule has 106 valence electrons. The molecule has 2 aromatic carbocycles. The lowest BCUT2D eigenvalue weighted by Gasteiger charge is -2.12. The minimum Gasteiger partial charge on any atom is -0.486 e. The lowest BCUT2D eigenvalue weighted by atomic mass is 10.0. The molecule has 0 unspecified atom stereocenters. The van der Waals surface area contributed by atoms with Crippen molar-refractivity contribution >= 4 is 0 Å². The summed E-state index contributed by atoms with van der Waals surface area (Å²) in [6.07, 6.45) is 0.675. The molecule has 0 atom stereocenters. The van der Waals surface area contributed by atoms with Crippen LogP contribution in [0.5, 0.6) is 5.75 Å². The van der Waals surface area contributed by atoms with Crippen molar-refractivity contribution in [3.05, 3.63) is 64.5 Å². The van der Waals surface area contributed by atoms with Crippen LogP contribution in [0.15, 0.2) is 36.4 Å². The molecule has 2 rings (SSSR count). The van der Waals surface area contributed by atoms with Crippen LogP contribution >= 0.6 is 0 Å². The van der Waals surface area contributed by atoms with E-state index >= 15 is 0 Å². The van der Waals surface area contributed by atoms with E-state index in [4.69, 9.17) is 10.5 Å². The third kappa shape index (κ3) is 3.36. The summed E-state index contributed by atoms with van der Waals surface area (Å²) in [7, 11) is 0. The Labute approximate surface area is 119 Å². The zero-order valence-corrected chi connectivity index (χ0v) is 11.9. The fraction of sp³-hybridized carbons (Fsp3) is 0.294. The highest BCUT2D eigenvalue weighted by molar-refractivity contribution is 5.34. The van der Waals surface area contributed by atoms with E-state index in [0.29, 0.717) is 19.6 Å². The van der Waals surface area contributed by atoms with E-state index in [1.54, 1.807) is 6.07 Å². The van der Waals surface area contributed by atoms with Gasteiger partial charge in [0.2, 0.25) is 0 Å². The summed E-state index contributed by atoms with van der Waals surface area (Å²) in [4.78, 5) is 0. The minimum atomic E-state index is -0.331. The van der Waals surface area contributed by atoms with Crippen molar-refractivity contribution in [2.75, 3.05) is 6.54 Å². The van der Waals surface area contributed by atoms with Gasteiger partial charge in [-0.2, -0.15) is 0 Å². The van der Waals surface area contributed by atoms with Gasteiger partial charge in [0.15, 0.2) is 11.6 Å². The Balaban J connectivity index is 2.11. The number of rotatable bonds is 5. The molecule has 0 aliphatic rings. The summed E-state index contributed by atoms with van der Waals surface area (Å²) in [5, 5.41) is 0. The highest BCUT2D eigenvalue weighted by Crippen LogP contribution is 2.21. The molecule has 0 bridgehead atoms. The van der Waals surface area contributed by atoms with Crippen LogP contribution in [0.4, 0.5) is 4.39 Å². The van der Waals surface area contributed by atoms with Gasteiger partial charge in [-0.25, -0.2) is 4.39 Å². The van der Waals surface area contributed by atoms with Gasteiger partial charge < -0.3 is 10.5 Å². The van der Waals surface area contributed by atoms with Gasteiger partial charge in [-0.05, 0) is 61.2 Å².